The van der Waals surface area contributed by atoms with Crippen molar-refractivity contribution in [3.8, 4) is 0 Å². The van der Waals surface area contributed by atoms with Gasteiger partial charge in [-0.2, -0.15) is 0 Å². The summed E-state index contributed by atoms with van der Waals surface area (Å²) < 4.78 is 0. The van der Waals surface area contributed by atoms with Gasteiger partial charge in [-0.1, -0.05) is 12.8 Å². The lowest BCUT2D eigenvalue weighted by Gasteiger charge is -2.26. The second-order valence-electron chi connectivity index (χ2n) is 4.64. The molecular formula is C11H21N3O. The standard InChI is InChI=1S/C11H21N3O/c1-13(10-4-2-3-5-10)8-9-14-7-6-12-11(14)15/h10H,2-9H2,1H3,(H,12,15). The molecule has 2 rings (SSSR count). The number of nitrogens with zero attached hydrogens (tertiary/aromatic N) is 2. The number of carbonyl (C=O) groups excluding carboxylic acids is 1. The predicted molar refractivity (Wildman–Crippen MR) is 59.9 cm³/mol. The third-order valence-corrected chi connectivity index (χ3v) is 3.62. The number of likely N-dealkylation sites (N-methyl/N-ethyl adjacent to an activating group) is 1. The normalized spacial score (nSPS) is 22.8. The summed E-state index contributed by atoms with van der Waals surface area (Å²) in [6.45, 7) is 3.57. The molecule has 1 heterocycles. The summed E-state index contributed by atoms with van der Waals surface area (Å²) in [6.07, 6.45) is 5.42. The molecule has 15 heavy (non-hydrogen) atoms. The minimum Gasteiger partial charge on any atom is -0.336 e. The number of hydrogen-bond donors (Lipinski definition) is 1. The van der Waals surface area contributed by atoms with E-state index < -0.39 is 0 Å². The number of carbonyl (C=O) groups is 1. The summed E-state index contributed by atoms with van der Waals surface area (Å²) in [7, 11) is 2.18. The highest BCUT2D eigenvalue weighted by molar-refractivity contribution is 5.76. The predicted octanol–water partition coefficient (Wildman–Crippen LogP) is 0.886. The van der Waals surface area contributed by atoms with Crippen LogP contribution in [0.3, 0.4) is 0 Å². The average molecular weight is 211 g/mol. The Bertz CT molecular complexity index is 226. The topological polar surface area (TPSA) is 35.6 Å². The van der Waals surface area contributed by atoms with Gasteiger partial charge >= 0.3 is 6.03 Å². The van der Waals surface area contributed by atoms with E-state index in [1.54, 1.807) is 0 Å². The Morgan fingerprint density at radius 2 is 2.20 bits per heavy atom. The van der Waals surface area contributed by atoms with Crippen molar-refractivity contribution in [2.45, 2.75) is 31.7 Å². The molecule has 0 unspecified atom stereocenters. The summed E-state index contributed by atoms with van der Waals surface area (Å²) in [6, 6.07) is 0.866. The molecule has 4 heteroatoms. The lowest BCUT2D eigenvalue weighted by Crippen LogP contribution is -2.38. The van der Waals surface area contributed by atoms with Gasteiger partial charge in [-0.15, -0.1) is 0 Å². The summed E-state index contributed by atoms with van der Waals surface area (Å²) in [4.78, 5) is 15.6. The quantitative estimate of drug-likeness (QED) is 0.749. The van der Waals surface area contributed by atoms with Crippen LogP contribution in [0.1, 0.15) is 25.7 Å². The second-order valence-corrected chi connectivity index (χ2v) is 4.64. The largest absolute Gasteiger partial charge is 0.336 e. The first-order valence-electron chi connectivity index (χ1n) is 6.00. The maximum atomic E-state index is 11.3. The van der Waals surface area contributed by atoms with Gasteiger partial charge in [-0.3, -0.25) is 0 Å². The van der Waals surface area contributed by atoms with Crippen LogP contribution in [0.25, 0.3) is 0 Å². The van der Waals surface area contributed by atoms with Crippen LogP contribution in [-0.4, -0.2) is 55.1 Å². The Morgan fingerprint density at radius 3 is 2.80 bits per heavy atom. The molecule has 2 amide bonds. The van der Waals surface area contributed by atoms with Gasteiger partial charge in [-0.05, 0) is 19.9 Å². The Morgan fingerprint density at radius 1 is 1.47 bits per heavy atom. The third-order valence-electron chi connectivity index (χ3n) is 3.62. The van der Waals surface area contributed by atoms with Crippen molar-refractivity contribution in [2.24, 2.45) is 0 Å². The Balaban J connectivity index is 1.70. The SMILES string of the molecule is CN(CCN1CCNC1=O)C1CCCC1. The molecule has 0 atom stereocenters. The van der Waals surface area contributed by atoms with Crippen LogP contribution in [0.5, 0.6) is 0 Å². The van der Waals surface area contributed by atoms with Crippen LogP contribution in [0.4, 0.5) is 4.79 Å². The van der Waals surface area contributed by atoms with Crippen molar-refractivity contribution in [2.75, 3.05) is 33.2 Å². The van der Waals surface area contributed by atoms with Crippen molar-refractivity contribution in [1.29, 1.82) is 0 Å². The summed E-state index contributed by atoms with van der Waals surface area (Å²) in [5, 5.41) is 2.83. The Kier molecular flexibility index (Phi) is 3.46. The van der Waals surface area contributed by atoms with Crippen LogP contribution in [0, 0.1) is 0 Å². The van der Waals surface area contributed by atoms with E-state index in [0.29, 0.717) is 0 Å². The molecule has 86 valence electrons. The Labute approximate surface area is 91.6 Å². The molecular weight excluding hydrogens is 190 g/mol. The van der Waals surface area contributed by atoms with E-state index in [0.717, 1.165) is 32.2 Å². The monoisotopic (exact) mass is 211 g/mol. The summed E-state index contributed by atoms with van der Waals surface area (Å²) >= 11 is 0. The molecule has 0 aromatic heterocycles. The van der Waals surface area contributed by atoms with E-state index in [-0.39, 0.29) is 6.03 Å². The fraction of sp³-hybridized carbons (Fsp3) is 0.909. The van der Waals surface area contributed by atoms with Crippen LogP contribution >= 0.6 is 0 Å². The lowest BCUT2D eigenvalue weighted by molar-refractivity contribution is 0.193. The van der Waals surface area contributed by atoms with Crippen LogP contribution < -0.4 is 5.32 Å². The van der Waals surface area contributed by atoms with Gasteiger partial charge < -0.3 is 15.1 Å². The molecule has 0 spiro atoms. The van der Waals surface area contributed by atoms with E-state index in [2.05, 4.69) is 17.3 Å². The number of amides is 2. The second kappa shape index (κ2) is 4.84. The highest BCUT2D eigenvalue weighted by atomic mass is 16.2. The van der Waals surface area contributed by atoms with Crippen molar-refractivity contribution in [1.82, 2.24) is 15.1 Å². The lowest BCUT2D eigenvalue weighted by atomic mass is 10.2. The van der Waals surface area contributed by atoms with Gasteiger partial charge in [0, 0.05) is 32.2 Å². The molecule has 1 saturated heterocycles. The zero-order valence-electron chi connectivity index (χ0n) is 9.54. The van der Waals surface area contributed by atoms with Crippen LogP contribution in [-0.2, 0) is 0 Å². The molecule has 0 aromatic carbocycles. The van der Waals surface area contributed by atoms with Crippen molar-refractivity contribution in [3.63, 3.8) is 0 Å². The summed E-state index contributed by atoms with van der Waals surface area (Å²) in [5.74, 6) is 0. The smallest absolute Gasteiger partial charge is 0.317 e. The van der Waals surface area contributed by atoms with E-state index in [1.165, 1.54) is 25.7 Å². The molecule has 0 radical (unpaired) electrons. The highest BCUT2D eigenvalue weighted by Crippen LogP contribution is 2.22. The first-order valence-corrected chi connectivity index (χ1v) is 6.00. The molecule has 1 aliphatic carbocycles. The molecule has 4 nitrogen and oxygen atoms in total. The molecule has 2 aliphatic rings. The number of hydrogen-bond acceptors (Lipinski definition) is 2. The maximum Gasteiger partial charge on any atom is 0.317 e. The van der Waals surface area contributed by atoms with Gasteiger partial charge in [0.15, 0.2) is 0 Å². The molecule has 2 fully saturated rings. The van der Waals surface area contributed by atoms with Crippen LogP contribution in [0.15, 0.2) is 0 Å². The average Bonchev–Trinajstić information content (AvgIpc) is 2.85. The van der Waals surface area contributed by atoms with Gasteiger partial charge in [0.2, 0.25) is 0 Å². The molecule has 1 N–H and O–H groups in total. The van der Waals surface area contributed by atoms with E-state index in [9.17, 15) is 4.79 Å². The van der Waals surface area contributed by atoms with Crippen LogP contribution in [0.2, 0.25) is 0 Å². The zero-order chi connectivity index (χ0) is 10.7. The minimum atomic E-state index is 0.106. The number of urea groups is 1. The minimum absolute atomic E-state index is 0.106. The fourth-order valence-corrected chi connectivity index (χ4v) is 2.53. The van der Waals surface area contributed by atoms with Gasteiger partial charge in [0.25, 0.3) is 0 Å². The highest BCUT2D eigenvalue weighted by Gasteiger charge is 2.22. The molecule has 1 saturated carbocycles. The van der Waals surface area contributed by atoms with Gasteiger partial charge in [0.1, 0.15) is 0 Å². The maximum absolute atomic E-state index is 11.3. The molecule has 0 aromatic rings. The van der Waals surface area contributed by atoms with Gasteiger partial charge in [0.05, 0.1) is 0 Å². The van der Waals surface area contributed by atoms with E-state index in [1.807, 2.05) is 4.90 Å². The van der Waals surface area contributed by atoms with Gasteiger partial charge in [-0.25, -0.2) is 4.79 Å². The zero-order valence-corrected chi connectivity index (χ0v) is 9.54. The Hall–Kier alpha value is -0.770. The summed E-state index contributed by atoms with van der Waals surface area (Å²) in [5.41, 5.74) is 0. The first-order chi connectivity index (χ1) is 7.27. The molecule has 1 aliphatic heterocycles. The van der Waals surface area contributed by atoms with E-state index in [4.69, 9.17) is 0 Å². The number of rotatable bonds is 4. The first kappa shape index (κ1) is 10.7. The van der Waals surface area contributed by atoms with Crippen molar-refractivity contribution >= 4 is 6.03 Å². The number of nitrogens with one attached hydrogen (secondary N) is 1. The van der Waals surface area contributed by atoms with E-state index >= 15 is 0 Å². The fourth-order valence-electron chi connectivity index (χ4n) is 2.53. The third kappa shape index (κ3) is 2.62. The van der Waals surface area contributed by atoms with Crippen molar-refractivity contribution < 1.29 is 4.79 Å². The van der Waals surface area contributed by atoms with Crippen molar-refractivity contribution in [3.05, 3.63) is 0 Å². The molecule has 0 bridgehead atoms.